The summed E-state index contributed by atoms with van der Waals surface area (Å²) < 4.78 is 10.6. The molecule has 1 heterocycles. The Balaban J connectivity index is 2.02. The van der Waals surface area contributed by atoms with E-state index in [2.05, 4.69) is 26.1 Å². The van der Waals surface area contributed by atoms with Crippen LogP contribution in [0.25, 0.3) is 0 Å². The van der Waals surface area contributed by atoms with Crippen LogP contribution in [-0.4, -0.2) is 30.4 Å². The molecule has 3 N–H and O–H groups in total. The minimum atomic E-state index is -0.420. The summed E-state index contributed by atoms with van der Waals surface area (Å²) in [6.45, 7) is 8.16. The molecule has 0 saturated carbocycles. The summed E-state index contributed by atoms with van der Waals surface area (Å²) in [5.41, 5.74) is 0. The molecule has 0 unspecified atom stereocenters. The van der Waals surface area contributed by atoms with Crippen LogP contribution >= 0.6 is 0 Å². The van der Waals surface area contributed by atoms with Gasteiger partial charge in [-0.25, -0.2) is 0 Å². The summed E-state index contributed by atoms with van der Waals surface area (Å²) in [6.07, 6.45) is 3.64. The minimum absolute atomic E-state index is 0.355. The summed E-state index contributed by atoms with van der Waals surface area (Å²) in [4.78, 5) is 0. The van der Waals surface area contributed by atoms with Crippen LogP contribution in [0.2, 0.25) is 0 Å². The van der Waals surface area contributed by atoms with Crippen LogP contribution in [0.15, 0.2) is 22.8 Å². The van der Waals surface area contributed by atoms with Crippen LogP contribution in [0.4, 0.5) is 0 Å². The van der Waals surface area contributed by atoms with Crippen molar-refractivity contribution in [3.8, 4) is 0 Å². The van der Waals surface area contributed by atoms with Gasteiger partial charge in [0.15, 0.2) is 0 Å². The second-order valence-electron chi connectivity index (χ2n) is 5.67. The molecule has 0 spiro atoms. The van der Waals surface area contributed by atoms with Crippen molar-refractivity contribution in [2.24, 2.45) is 5.92 Å². The standard InChI is InChI=1S/C15H27NO3/c1-12(2)6-7-13(3)16-9-14(17)10-18-11-15-5-4-8-19-15/h4-5,8,12-14,16-17H,6-7,9-11H2,1-3H3/p+1/t13-,14-/m0/s1. The zero-order chi connectivity index (χ0) is 14.1. The molecular weight excluding hydrogens is 242 g/mol. The molecule has 0 radical (unpaired) electrons. The molecule has 1 aromatic rings. The lowest BCUT2D eigenvalue weighted by molar-refractivity contribution is -0.692. The predicted molar refractivity (Wildman–Crippen MR) is 74.7 cm³/mol. The quantitative estimate of drug-likeness (QED) is 0.678. The van der Waals surface area contributed by atoms with Gasteiger partial charge in [-0.05, 0) is 37.8 Å². The van der Waals surface area contributed by atoms with Crippen LogP contribution in [0.3, 0.4) is 0 Å². The highest BCUT2D eigenvalue weighted by atomic mass is 16.5. The van der Waals surface area contributed by atoms with Gasteiger partial charge in [0, 0.05) is 0 Å². The zero-order valence-corrected chi connectivity index (χ0v) is 12.3. The fourth-order valence-corrected chi connectivity index (χ4v) is 1.86. The molecule has 1 aromatic heterocycles. The largest absolute Gasteiger partial charge is 0.467 e. The van der Waals surface area contributed by atoms with Crippen molar-refractivity contribution >= 4 is 0 Å². The van der Waals surface area contributed by atoms with Gasteiger partial charge in [0.1, 0.15) is 25.0 Å². The molecule has 2 atom stereocenters. The highest BCUT2D eigenvalue weighted by Crippen LogP contribution is 2.04. The molecule has 0 bridgehead atoms. The third-order valence-corrected chi connectivity index (χ3v) is 3.14. The molecule has 110 valence electrons. The maximum absolute atomic E-state index is 9.82. The van der Waals surface area contributed by atoms with E-state index >= 15 is 0 Å². The van der Waals surface area contributed by atoms with Crippen LogP contribution in [0.1, 0.15) is 39.4 Å². The van der Waals surface area contributed by atoms with E-state index < -0.39 is 6.10 Å². The van der Waals surface area contributed by atoms with Gasteiger partial charge in [0.2, 0.25) is 0 Å². The second kappa shape index (κ2) is 9.13. The van der Waals surface area contributed by atoms with Crippen molar-refractivity contribution in [2.75, 3.05) is 13.2 Å². The number of nitrogens with two attached hydrogens (primary N) is 1. The molecule has 4 nitrogen and oxygen atoms in total. The van der Waals surface area contributed by atoms with Crippen LogP contribution in [0, 0.1) is 5.92 Å². The summed E-state index contributed by atoms with van der Waals surface area (Å²) in [5, 5.41) is 12.0. The van der Waals surface area contributed by atoms with Gasteiger partial charge in [0.25, 0.3) is 0 Å². The Morgan fingerprint density at radius 1 is 1.32 bits per heavy atom. The number of rotatable bonds is 10. The molecule has 0 aliphatic rings. The highest BCUT2D eigenvalue weighted by Gasteiger charge is 2.11. The Kier molecular flexibility index (Phi) is 7.79. The molecule has 0 amide bonds. The molecule has 19 heavy (non-hydrogen) atoms. The van der Waals surface area contributed by atoms with Crippen molar-refractivity contribution in [1.29, 1.82) is 0 Å². The monoisotopic (exact) mass is 270 g/mol. The number of hydrogen-bond donors (Lipinski definition) is 2. The molecule has 0 aliphatic carbocycles. The van der Waals surface area contributed by atoms with Gasteiger partial charge in [-0.2, -0.15) is 0 Å². The molecule has 1 rings (SSSR count). The van der Waals surface area contributed by atoms with Crippen molar-refractivity contribution in [2.45, 2.75) is 52.4 Å². The number of furan rings is 1. The van der Waals surface area contributed by atoms with E-state index in [1.54, 1.807) is 6.26 Å². The second-order valence-corrected chi connectivity index (χ2v) is 5.67. The van der Waals surface area contributed by atoms with Crippen molar-refractivity contribution in [1.82, 2.24) is 0 Å². The average Bonchev–Trinajstić information content (AvgIpc) is 2.87. The predicted octanol–water partition coefficient (Wildman–Crippen LogP) is 1.55. The Hall–Kier alpha value is -0.840. The Labute approximate surface area is 116 Å². The summed E-state index contributed by atoms with van der Waals surface area (Å²) in [7, 11) is 0. The third kappa shape index (κ3) is 8.03. The molecule has 4 heteroatoms. The third-order valence-electron chi connectivity index (χ3n) is 3.14. The first-order chi connectivity index (χ1) is 9.08. The van der Waals surface area contributed by atoms with Crippen molar-refractivity contribution in [3.63, 3.8) is 0 Å². The average molecular weight is 270 g/mol. The molecule has 0 fully saturated rings. The number of quaternary nitrogens is 1. The minimum Gasteiger partial charge on any atom is -0.467 e. The number of hydrogen-bond acceptors (Lipinski definition) is 3. The first-order valence-corrected chi connectivity index (χ1v) is 7.19. The normalized spacial score (nSPS) is 14.8. The molecule has 0 aromatic carbocycles. The lowest BCUT2D eigenvalue weighted by atomic mass is 10.0. The first-order valence-electron chi connectivity index (χ1n) is 7.19. The summed E-state index contributed by atoms with van der Waals surface area (Å²) in [5.74, 6) is 1.54. The van der Waals surface area contributed by atoms with E-state index in [-0.39, 0.29) is 0 Å². The highest BCUT2D eigenvalue weighted by molar-refractivity contribution is 4.95. The first kappa shape index (κ1) is 16.2. The van der Waals surface area contributed by atoms with E-state index in [0.717, 1.165) is 11.7 Å². The van der Waals surface area contributed by atoms with Crippen LogP contribution in [0.5, 0.6) is 0 Å². The van der Waals surface area contributed by atoms with E-state index in [1.807, 2.05) is 12.1 Å². The van der Waals surface area contributed by atoms with E-state index in [1.165, 1.54) is 12.8 Å². The maximum atomic E-state index is 9.82. The van der Waals surface area contributed by atoms with Gasteiger partial charge < -0.3 is 19.6 Å². The van der Waals surface area contributed by atoms with Gasteiger partial charge in [-0.15, -0.1) is 0 Å². The number of aliphatic hydroxyl groups excluding tert-OH is 1. The van der Waals surface area contributed by atoms with Gasteiger partial charge in [-0.3, -0.25) is 0 Å². The molecule has 0 aliphatic heterocycles. The fraction of sp³-hybridized carbons (Fsp3) is 0.733. The van der Waals surface area contributed by atoms with Crippen molar-refractivity contribution in [3.05, 3.63) is 24.2 Å². The fourth-order valence-electron chi connectivity index (χ4n) is 1.86. The Morgan fingerprint density at radius 2 is 2.11 bits per heavy atom. The topological polar surface area (TPSA) is 59.2 Å². The van der Waals surface area contributed by atoms with Crippen LogP contribution < -0.4 is 5.32 Å². The van der Waals surface area contributed by atoms with E-state index in [9.17, 15) is 5.11 Å². The lowest BCUT2D eigenvalue weighted by Crippen LogP contribution is -2.91. The van der Waals surface area contributed by atoms with Crippen molar-refractivity contribution < 1.29 is 19.6 Å². The van der Waals surface area contributed by atoms with Gasteiger partial charge in [0.05, 0.1) is 18.9 Å². The van der Waals surface area contributed by atoms with Gasteiger partial charge in [-0.1, -0.05) is 13.8 Å². The Bertz CT molecular complexity index is 311. The smallest absolute Gasteiger partial charge is 0.129 e. The van der Waals surface area contributed by atoms with Gasteiger partial charge >= 0.3 is 0 Å². The number of ether oxygens (including phenoxy) is 1. The maximum Gasteiger partial charge on any atom is 0.129 e. The van der Waals surface area contributed by atoms with E-state index in [4.69, 9.17) is 9.15 Å². The molecule has 0 saturated heterocycles. The molecular formula is C15H28NO3+. The summed E-state index contributed by atoms with van der Waals surface area (Å²) >= 11 is 0. The number of aliphatic hydroxyl groups is 1. The van der Waals surface area contributed by atoms with Crippen LogP contribution in [-0.2, 0) is 11.3 Å². The summed E-state index contributed by atoms with van der Waals surface area (Å²) in [6, 6.07) is 4.26. The SMILES string of the molecule is CC(C)CC[C@H](C)[NH2+]C[C@H](O)COCc1ccco1. The Morgan fingerprint density at radius 3 is 2.74 bits per heavy atom. The zero-order valence-electron chi connectivity index (χ0n) is 12.3. The lowest BCUT2D eigenvalue weighted by Gasteiger charge is -2.15. The van der Waals surface area contributed by atoms with E-state index in [0.29, 0.717) is 25.8 Å².